The Labute approximate surface area is 139 Å². The maximum atomic E-state index is 12.6. The molecule has 2 aromatic rings. The van der Waals surface area contributed by atoms with E-state index in [9.17, 15) is 9.59 Å². The minimum absolute atomic E-state index is 0.248. The first-order valence-corrected chi connectivity index (χ1v) is 8.51. The summed E-state index contributed by atoms with van der Waals surface area (Å²) in [5.41, 5.74) is 1.45. The minimum atomic E-state index is -0.339. The van der Waals surface area contributed by atoms with Crippen LogP contribution in [0, 0.1) is 0 Å². The van der Waals surface area contributed by atoms with Crippen molar-refractivity contribution in [3.8, 4) is 11.5 Å². The summed E-state index contributed by atoms with van der Waals surface area (Å²) in [5.74, 6) is 0.810. The molecule has 1 aliphatic carbocycles. The number of ether oxygens (including phenoxy) is 2. The summed E-state index contributed by atoms with van der Waals surface area (Å²) in [5, 5.41) is 1.53. The van der Waals surface area contributed by atoms with E-state index < -0.39 is 0 Å². The van der Waals surface area contributed by atoms with Crippen LogP contribution in [0.4, 0.5) is 4.79 Å². The van der Waals surface area contributed by atoms with E-state index in [1.165, 1.54) is 6.42 Å². The molecule has 0 N–H and O–H groups in total. The number of fused-ring (bicyclic) bond motifs is 2. The SMILES string of the molecule is O=C1Oc2cc3c(c4cccc1c24)OC(=O)N(C1CCCCC1)C3. The Balaban J connectivity index is 1.61. The van der Waals surface area contributed by atoms with E-state index in [4.69, 9.17) is 9.47 Å². The molecule has 2 aliphatic heterocycles. The average molecular weight is 323 g/mol. The number of hydrogen-bond donors (Lipinski definition) is 0. The lowest BCUT2D eigenvalue weighted by Gasteiger charge is -2.36. The molecule has 24 heavy (non-hydrogen) atoms. The molecule has 2 aromatic carbocycles. The Bertz CT molecular complexity index is 883. The second-order valence-electron chi connectivity index (χ2n) is 6.77. The van der Waals surface area contributed by atoms with Gasteiger partial charge in [0, 0.05) is 22.4 Å². The van der Waals surface area contributed by atoms with Crippen molar-refractivity contribution in [3.63, 3.8) is 0 Å². The van der Waals surface area contributed by atoms with Gasteiger partial charge >= 0.3 is 12.1 Å². The zero-order chi connectivity index (χ0) is 16.3. The second-order valence-corrected chi connectivity index (χ2v) is 6.77. The first kappa shape index (κ1) is 13.8. The molecule has 1 fully saturated rings. The van der Waals surface area contributed by atoms with Crippen LogP contribution in [0.15, 0.2) is 24.3 Å². The number of amides is 1. The van der Waals surface area contributed by atoms with Gasteiger partial charge in [0.2, 0.25) is 0 Å². The van der Waals surface area contributed by atoms with E-state index in [2.05, 4.69) is 0 Å². The Hall–Kier alpha value is -2.56. The average Bonchev–Trinajstić information content (AvgIpc) is 2.93. The van der Waals surface area contributed by atoms with Crippen LogP contribution in [-0.2, 0) is 6.54 Å². The van der Waals surface area contributed by atoms with E-state index in [0.717, 1.165) is 42.0 Å². The molecule has 0 saturated heterocycles. The predicted octanol–water partition coefficient (Wildman–Crippen LogP) is 4.02. The van der Waals surface area contributed by atoms with Crippen molar-refractivity contribution in [2.24, 2.45) is 0 Å². The molecule has 0 unspecified atom stereocenters. The number of carbonyl (C=O) groups excluding carboxylic acids is 2. The topological polar surface area (TPSA) is 55.8 Å². The Kier molecular flexibility index (Phi) is 2.86. The number of hydrogen-bond acceptors (Lipinski definition) is 4. The predicted molar refractivity (Wildman–Crippen MR) is 87.3 cm³/mol. The molecule has 0 bridgehead atoms. The molecule has 3 aliphatic rings. The van der Waals surface area contributed by atoms with Gasteiger partial charge in [-0.05, 0) is 25.0 Å². The van der Waals surface area contributed by atoms with Crippen LogP contribution in [-0.4, -0.2) is 23.0 Å². The molecule has 1 amide bonds. The highest BCUT2D eigenvalue weighted by Crippen LogP contribution is 2.44. The second kappa shape index (κ2) is 4.97. The summed E-state index contributed by atoms with van der Waals surface area (Å²) < 4.78 is 11.1. The smallest absolute Gasteiger partial charge is 0.415 e. The van der Waals surface area contributed by atoms with E-state index >= 15 is 0 Å². The molecule has 2 heterocycles. The normalized spacial score (nSPS) is 20.1. The zero-order valence-corrected chi connectivity index (χ0v) is 13.2. The Morgan fingerprint density at radius 1 is 1.04 bits per heavy atom. The standard InChI is InChI=1S/C19H17NO4/c21-18-14-8-4-7-13-16(14)15(23-18)9-11-10-20(19(22)24-17(11)13)12-5-2-1-3-6-12/h4,7-9,12H,1-3,5-6,10H2. The summed E-state index contributed by atoms with van der Waals surface area (Å²) >= 11 is 0. The molecule has 0 aromatic heterocycles. The fraction of sp³-hybridized carbons (Fsp3) is 0.368. The summed E-state index contributed by atoms with van der Waals surface area (Å²) in [6.45, 7) is 0.517. The van der Waals surface area contributed by atoms with Crippen molar-refractivity contribution in [1.82, 2.24) is 4.90 Å². The third-order valence-corrected chi connectivity index (χ3v) is 5.36. The maximum absolute atomic E-state index is 12.6. The molecule has 1 saturated carbocycles. The van der Waals surface area contributed by atoms with Crippen molar-refractivity contribution in [3.05, 3.63) is 35.4 Å². The highest BCUT2D eigenvalue weighted by molar-refractivity contribution is 6.14. The third kappa shape index (κ3) is 1.87. The van der Waals surface area contributed by atoms with E-state index in [0.29, 0.717) is 23.6 Å². The fourth-order valence-electron chi connectivity index (χ4n) is 4.18. The van der Waals surface area contributed by atoms with Crippen LogP contribution in [0.25, 0.3) is 10.8 Å². The first-order chi connectivity index (χ1) is 11.7. The van der Waals surface area contributed by atoms with Gasteiger partial charge in [-0.15, -0.1) is 0 Å². The van der Waals surface area contributed by atoms with Crippen LogP contribution >= 0.6 is 0 Å². The van der Waals surface area contributed by atoms with Gasteiger partial charge in [0.15, 0.2) is 0 Å². The lowest BCUT2D eigenvalue weighted by Crippen LogP contribution is -2.44. The van der Waals surface area contributed by atoms with Gasteiger partial charge in [-0.25, -0.2) is 9.59 Å². The monoisotopic (exact) mass is 323 g/mol. The van der Waals surface area contributed by atoms with Crippen molar-refractivity contribution in [2.45, 2.75) is 44.7 Å². The Morgan fingerprint density at radius 2 is 1.88 bits per heavy atom. The molecule has 0 atom stereocenters. The van der Waals surface area contributed by atoms with Gasteiger partial charge in [0.25, 0.3) is 0 Å². The highest BCUT2D eigenvalue weighted by Gasteiger charge is 2.35. The van der Waals surface area contributed by atoms with E-state index in [1.54, 1.807) is 12.1 Å². The molecular weight excluding hydrogens is 306 g/mol. The summed E-state index contributed by atoms with van der Waals surface area (Å²) in [7, 11) is 0. The number of rotatable bonds is 1. The lowest BCUT2D eigenvalue weighted by atomic mass is 9.93. The Morgan fingerprint density at radius 3 is 2.71 bits per heavy atom. The molecular formula is C19H17NO4. The van der Waals surface area contributed by atoms with Gasteiger partial charge in [-0.2, -0.15) is 0 Å². The quantitative estimate of drug-likeness (QED) is 0.587. The van der Waals surface area contributed by atoms with Crippen LogP contribution in [0.1, 0.15) is 48.0 Å². The largest absolute Gasteiger partial charge is 0.422 e. The summed E-state index contributed by atoms with van der Waals surface area (Å²) in [6, 6.07) is 7.53. The number of nitrogens with zero attached hydrogens (tertiary/aromatic N) is 1. The molecule has 0 radical (unpaired) electrons. The van der Waals surface area contributed by atoms with Crippen molar-refractivity contribution in [1.29, 1.82) is 0 Å². The zero-order valence-electron chi connectivity index (χ0n) is 13.2. The third-order valence-electron chi connectivity index (χ3n) is 5.36. The summed E-state index contributed by atoms with van der Waals surface area (Å²) in [4.78, 5) is 26.4. The summed E-state index contributed by atoms with van der Waals surface area (Å²) in [6.07, 6.45) is 5.34. The number of benzene rings is 2. The number of carbonyl (C=O) groups is 2. The first-order valence-electron chi connectivity index (χ1n) is 8.51. The highest BCUT2D eigenvalue weighted by atomic mass is 16.6. The van der Waals surface area contributed by atoms with E-state index in [-0.39, 0.29) is 18.1 Å². The van der Waals surface area contributed by atoms with Gasteiger partial charge in [-0.3, -0.25) is 0 Å². The van der Waals surface area contributed by atoms with Gasteiger partial charge in [0.1, 0.15) is 11.5 Å². The van der Waals surface area contributed by atoms with Gasteiger partial charge in [0.05, 0.1) is 12.1 Å². The fourth-order valence-corrected chi connectivity index (χ4v) is 4.18. The molecule has 5 nitrogen and oxygen atoms in total. The molecule has 122 valence electrons. The molecule has 5 rings (SSSR count). The van der Waals surface area contributed by atoms with Gasteiger partial charge < -0.3 is 14.4 Å². The minimum Gasteiger partial charge on any atom is -0.422 e. The van der Waals surface area contributed by atoms with Crippen LogP contribution in [0.2, 0.25) is 0 Å². The van der Waals surface area contributed by atoms with Crippen molar-refractivity contribution in [2.75, 3.05) is 0 Å². The number of esters is 1. The van der Waals surface area contributed by atoms with E-state index in [1.807, 2.05) is 17.0 Å². The van der Waals surface area contributed by atoms with Crippen LogP contribution < -0.4 is 9.47 Å². The van der Waals surface area contributed by atoms with Crippen molar-refractivity contribution < 1.29 is 19.1 Å². The van der Waals surface area contributed by atoms with Gasteiger partial charge in [-0.1, -0.05) is 31.4 Å². The van der Waals surface area contributed by atoms with Crippen molar-refractivity contribution >= 4 is 22.8 Å². The van der Waals surface area contributed by atoms with Crippen LogP contribution in [0.5, 0.6) is 11.5 Å². The molecule has 5 heteroatoms. The molecule has 0 spiro atoms. The maximum Gasteiger partial charge on any atom is 0.415 e. The lowest BCUT2D eigenvalue weighted by molar-refractivity contribution is 0.0752. The van der Waals surface area contributed by atoms with Crippen LogP contribution in [0.3, 0.4) is 0 Å².